The van der Waals surface area contributed by atoms with Crippen LogP contribution in [0, 0.1) is 13.8 Å². The van der Waals surface area contributed by atoms with E-state index < -0.39 is 11.9 Å². The molecule has 8 heteroatoms. The van der Waals surface area contributed by atoms with Crippen molar-refractivity contribution in [3.63, 3.8) is 0 Å². The van der Waals surface area contributed by atoms with Crippen LogP contribution in [0.3, 0.4) is 0 Å². The average Bonchev–Trinajstić information content (AvgIpc) is 3.05. The van der Waals surface area contributed by atoms with E-state index in [2.05, 4.69) is 10.5 Å². The molecule has 0 atom stereocenters. The predicted octanol–water partition coefficient (Wildman–Crippen LogP) is 3.33. The molecule has 0 aliphatic rings. The molecule has 0 radical (unpaired) electrons. The highest BCUT2D eigenvalue weighted by Gasteiger charge is 2.16. The standard InChI is InChI=1S/C23H23N3O5/c1-15-12-17(16(2)26(15)21-7-5-4-6-20(21)23(28)29)13-24-25-22(27)14-31-19-10-8-18(30-3)9-11-19/h4-13H,14H2,1-3H3,(H,25,27)(H,28,29)/b24-13+. The Morgan fingerprint density at radius 2 is 1.77 bits per heavy atom. The number of nitrogens with zero attached hydrogens (tertiary/aromatic N) is 2. The Labute approximate surface area is 179 Å². The number of carbonyl (C=O) groups excluding carboxylic acids is 1. The molecule has 8 nitrogen and oxygen atoms in total. The number of carboxylic acids is 1. The molecule has 160 valence electrons. The lowest BCUT2D eigenvalue weighted by molar-refractivity contribution is -0.123. The third kappa shape index (κ3) is 5.11. The highest BCUT2D eigenvalue weighted by Crippen LogP contribution is 2.23. The van der Waals surface area contributed by atoms with Crippen molar-refractivity contribution in [2.24, 2.45) is 5.10 Å². The fraction of sp³-hybridized carbons (Fsp3) is 0.174. The SMILES string of the molecule is COc1ccc(OCC(=O)N/N=C/c2cc(C)n(-c3ccccc3C(=O)O)c2C)cc1. The monoisotopic (exact) mass is 421 g/mol. The molecule has 31 heavy (non-hydrogen) atoms. The Kier molecular flexibility index (Phi) is 6.71. The molecule has 0 unspecified atom stereocenters. The maximum absolute atomic E-state index is 12.0. The topological polar surface area (TPSA) is 102 Å². The van der Waals surface area contributed by atoms with E-state index in [-0.39, 0.29) is 12.2 Å². The normalized spacial score (nSPS) is 10.8. The number of rotatable bonds is 8. The van der Waals surface area contributed by atoms with Crippen molar-refractivity contribution in [3.8, 4) is 17.2 Å². The van der Waals surface area contributed by atoms with E-state index in [9.17, 15) is 14.7 Å². The Hall–Kier alpha value is -4.07. The molecule has 2 aromatic carbocycles. The molecule has 1 heterocycles. The fourth-order valence-corrected chi connectivity index (χ4v) is 3.17. The van der Waals surface area contributed by atoms with Crippen LogP contribution >= 0.6 is 0 Å². The molecule has 0 saturated heterocycles. The maximum atomic E-state index is 12.0. The summed E-state index contributed by atoms with van der Waals surface area (Å²) in [7, 11) is 1.57. The summed E-state index contributed by atoms with van der Waals surface area (Å²) in [4.78, 5) is 23.5. The van der Waals surface area contributed by atoms with Crippen LogP contribution in [-0.2, 0) is 4.79 Å². The second kappa shape index (κ2) is 9.62. The highest BCUT2D eigenvalue weighted by molar-refractivity contribution is 5.92. The lowest BCUT2D eigenvalue weighted by atomic mass is 10.1. The van der Waals surface area contributed by atoms with Crippen molar-refractivity contribution in [2.45, 2.75) is 13.8 Å². The van der Waals surface area contributed by atoms with Gasteiger partial charge in [0.05, 0.1) is 24.6 Å². The molecule has 1 amide bonds. The van der Waals surface area contributed by atoms with Crippen LogP contribution in [0.2, 0.25) is 0 Å². The number of nitrogens with one attached hydrogen (secondary N) is 1. The van der Waals surface area contributed by atoms with Gasteiger partial charge in [-0.3, -0.25) is 4.79 Å². The van der Waals surface area contributed by atoms with Gasteiger partial charge in [-0.05, 0) is 56.3 Å². The number of methoxy groups -OCH3 is 1. The number of carbonyl (C=O) groups is 2. The minimum absolute atomic E-state index is 0.186. The van der Waals surface area contributed by atoms with Gasteiger partial charge in [0.15, 0.2) is 6.61 Å². The molecule has 0 saturated carbocycles. The molecule has 2 N–H and O–H groups in total. The second-order valence-electron chi connectivity index (χ2n) is 6.74. The van der Waals surface area contributed by atoms with Gasteiger partial charge in [0.2, 0.25) is 0 Å². The van der Waals surface area contributed by atoms with Gasteiger partial charge in [-0.15, -0.1) is 0 Å². The number of hydrazone groups is 1. The minimum Gasteiger partial charge on any atom is -0.497 e. The Bertz CT molecular complexity index is 1120. The van der Waals surface area contributed by atoms with E-state index in [1.807, 2.05) is 24.5 Å². The van der Waals surface area contributed by atoms with Crippen molar-refractivity contribution in [1.29, 1.82) is 0 Å². The number of hydrogen-bond donors (Lipinski definition) is 2. The van der Waals surface area contributed by atoms with Crippen molar-refractivity contribution < 1.29 is 24.2 Å². The zero-order valence-corrected chi connectivity index (χ0v) is 17.5. The first-order valence-corrected chi connectivity index (χ1v) is 9.51. The Morgan fingerprint density at radius 1 is 1.10 bits per heavy atom. The summed E-state index contributed by atoms with van der Waals surface area (Å²) in [5.41, 5.74) is 5.61. The van der Waals surface area contributed by atoms with Crippen LogP contribution in [0.5, 0.6) is 11.5 Å². The van der Waals surface area contributed by atoms with E-state index in [0.717, 1.165) is 17.0 Å². The molecule has 3 aromatic rings. The maximum Gasteiger partial charge on any atom is 0.337 e. The summed E-state index contributed by atoms with van der Waals surface area (Å²) in [6.45, 7) is 3.56. The Morgan fingerprint density at radius 3 is 2.45 bits per heavy atom. The molecule has 0 aliphatic carbocycles. The van der Waals surface area contributed by atoms with Gasteiger partial charge in [0.25, 0.3) is 5.91 Å². The highest BCUT2D eigenvalue weighted by atomic mass is 16.5. The zero-order chi connectivity index (χ0) is 22.4. The molecule has 1 aromatic heterocycles. The molecule has 0 fully saturated rings. The third-order valence-corrected chi connectivity index (χ3v) is 4.67. The molecular weight excluding hydrogens is 398 g/mol. The van der Waals surface area contributed by atoms with Gasteiger partial charge >= 0.3 is 5.97 Å². The van der Waals surface area contributed by atoms with Crippen LogP contribution in [0.25, 0.3) is 5.69 Å². The predicted molar refractivity (Wildman–Crippen MR) is 116 cm³/mol. The smallest absolute Gasteiger partial charge is 0.337 e. The number of amides is 1. The molecule has 0 bridgehead atoms. The number of aryl methyl sites for hydroxylation is 1. The Balaban J connectivity index is 1.66. The van der Waals surface area contributed by atoms with Crippen LogP contribution in [0.4, 0.5) is 0 Å². The summed E-state index contributed by atoms with van der Waals surface area (Å²) in [5.74, 6) is -0.162. The van der Waals surface area contributed by atoms with Crippen LogP contribution < -0.4 is 14.9 Å². The number of ether oxygens (including phenoxy) is 2. The third-order valence-electron chi connectivity index (χ3n) is 4.67. The zero-order valence-electron chi connectivity index (χ0n) is 17.5. The first-order chi connectivity index (χ1) is 14.9. The summed E-state index contributed by atoms with van der Waals surface area (Å²) in [5, 5.41) is 13.5. The fourth-order valence-electron chi connectivity index (χ4n) is 3.17. The van der Waals surface area contributed by atoms with Crippen molar-refractivity contribution >= 4 is 18.1 Å². The second-order valence-corrected chi connectivity index (χ2v) is 6.74. The number of benzene rings is 2. The minimum atomic E-state index is -0.998. The molecule has 3 rings (SSSR count). The molecule has 0 aliphatic heterocycles. The number of aromatic carboxylic acids is 1. The number of carboxylic acid groups (broad SMARTS) is 1. The van der Waals surface area contributed by atoms with Crippen molar-refractivity contribution in [3.05, 3.63) is 77.1 Å². The first kappa shape index (κ1) is 21.6. The number of hydrogen-bond acceptors (Lipinski definition) is 5. The molecular formula is C23H23N3O5. The average molecular weight is 421 g/mol. The summed E-state index contributed by atoms with van der Waals surface area (Å²) in [6, 6.07) is 15.6. The lowest BCUT2D eigenvalue weighted by Crippen LogP contribution is -2.24. The van der Waals surface area contributed by atoms with Crippen molar-refractivity contribution in [2.75, 3.05) is 13.7 Å². The van der Waals surface area contributed by atoms with E-state index in [0.29, 0.717) is 17.2 Å². The first-order valence-electron chi connectivity index (χ1n) is 9.51. The summed E-state index contributed by atoms with van der Waals surface area (Å²) < 4.78 is 12.3. The van der Waals surface area contributed by atoms with Crippen molar-refractivity contribution in [1.82, 2.24) is 9.99 Å². The van der Waals surface area contributed by atoms with Crippen LogP contribution in [0.15, 0.2) is 59.7 Å². The van der Waals surface area contributed by atoms with Gasteiger partial charge in [-0.25, -0.2) is 10.2 Å². The quantitative estimate of drug-likeness (QED) is 0.429. The summed E-state index contributed by atoms with van der Waals surface area (Å²) in [6.07, 6.45) is 1.52. The van der Waals surface area contributed by atoms with Gasteiger partial charge < -0.3 is 19.1 Å². The number of aromatic nitrogens is 1. The largest absolute Gasteiger partial charge is 0.497 e. The van der Waals surface area contributed by atoms with Gasteiger partial charge in [-0.2, -0.15) is 5.10 Å². The van der Waals surface area contributed by atoms with Crippen LogP contribution in [-0.4, -0.2) is 41.5 Å². The molecule has 0 spiro atoms. The number of para-hydroxylation sites is 1. The summed E-state index contributed by atoms with van der Waals surface area (Å²) >= 11 is 0. The van der Waals surface area contributed by atoms with E-state index >= 15 is 0 Å². The van der Waals surface area contributed by atoms with Gasteiger partial charge in [0, 0.05) is 17.0 Å². The van der Waals surface area contributed by atoms with E-state index in [1.54, 1.807) is 55.6 Å². The van der Waals surface area contributed by atoms with E-state index in [4.69, 9.17) is 9.47 Å². The van der Waals surface area contributed by atoms with E-state index in [1.165, 1.54) is 6.21 Å². The van der Waals surface area contributed by atoms with Crippen LogP contribution in [0.1, 0.15) is 27.3 Å². The van der Waals surface area contributed by atoms with Gasteiger partial charge in [0.1, 0.15) is 11.5 Å². The van der Waals surface area contributed by atoms with Gasteiger partial charge in [-0.1, -0.05) is 12.1 Å². The lowest BCUT2D eigenvalue weighted by Gasteiger charge is -2.12.